The first kappa shape index (κ1) is 21.3. The maximum Gasteiger partial charge on any atom is 0.416 e. The van der Waals surface area contributed by atoms with E-state index in [1.165, 1.54) is 12.1 Å². The summed E-state index contributed by atoms with van der Waals surface area (Å²) < 4.78 is 37.9. The lowest BCUT2D eigenvalue weighted by Crippen LogP contribution is -2.19. The van der Waals surface area contributed by atoms with Crippen molar-refractivity contribution < 1.29 is 22.8 Å². The Balaban J connectivity index is 1.64. The van der Waals surface area contributed by atoms with Gasteiger partial charge in [0.05, 0.1) is 11.3 Å². The largest absolute Gasteiger partial charge is 0.416 e. The van der Waals surface area contributed by atoms with Crippen LogP contribution in [-0.4, -0.2) is 16.9 Å². The number of nitrogens with one attached hydrogen (secondary N) is 3. The maximum absolute atomic E-state index is 12.6. The molecule has 0 unspecified atom stereocenters. The molecule has 156 valence electrons. The van der Waals surface area contributed by atoms with Crippen LogP contribution in [0.5, 0.6) is 0 Å². The third-order valence-electron chi connectivity index (χ3n) is 4.00. The second-order valence-electron chi connectivity index (χ2n) is 6.41. The van der Waals surface area contributed by atoms with Crippen molar-refractivity contribution in [3.05, 3.63) is 70.2 Å². The van der Waals surface area contributed by atoms with Crippen LogP contribution in [0.1, 0.15) is 26.5 Å². The molecule has 1 aromatic heterocycles. The fourth-order valence-corrected chi connectivity index (χ4v) is 3.34. The molecular weight excluding hydrogens is 417 g/mol. The third-order valence-corrected chi connectivity index (χ3v) is 5.07. The molecule has 0 aliphatic heterocycles. The number of carbonyl (C=O) groups excluding carboxylic acids is 2. The van der Waals surface area contributed by atoms with E-state index < -0.39 is 23.7 Å². The van der Waals surface area contributed by atoms with E-state index >= 15 is 0 Å². The van der Waals surface area contributed by atoms with Crippen LogP contribution >= 0.6 is 11.3 Å². The number of halogens is 3. The van der Waals surface area contributed by atoms with Gasteiger partial charge in [-0.25, -0.2) is 9.78 Å². The molecule has 0 aliphatic rings. The second kappa shape index (κ2) is 8.54. The zero-order chi connectivity index (χ0) is 21.9. The van der Waals surface area contributed by atoms with Gasteiger partial charge in [0.1, 0.15) is 4.88 Å². The Bertz CT molecular complexity index is 1060. The van der Waals surface area contributed by atoms with E-state index in [1.54, 1.807) is 19.1 Å². The van der Waals surface area contributed by atoms with E-state index in [-0.39, 0.29) is 15.7 Å². The highest BCUT2D eigenvalue weighted by Crippen LogP contribution is 2.30. The number of nitrogens with zero attached hydrogens (tertiary/aromatic N) is 1. The summed E-state index contributed by atoms with van der Waals surface area (Å²) in [4.78, 5) is 28.9. The smallest absolute Gasteiger partial charge is 0.321 e. The van der Waals surface area contributed by atoms with Crippen LogP contribution in [0.3, 0.4) is 0 Å². The van der Waals surface area contributed by atoms with Gasteiger partial charge in [-0.05, 0) is 50.2 Å². The normalized spacial score (nSPS) is 11.1. The lowest BCUT2D eigenvalue weighted by Gasteiger charge is -2.08. The standard InChI is InChI=1S/C20H17F3N4O2S/c1-11-3-7-15(8-4-11)26-18(29)27-19-24-12(2)16(30-19)17(28)25-14-9-5-13(6-10-14)20(21,22)23/h3-10H,1-2H3,(H,25,28)(H2,24,26,27,29). The molecule has 10 heteroatoms. The number of urea groups is 1. The first-order valence-corrected chi connectivity index (χ1v) is 9.54. The minimum Gasteiger partial charge on any atom is -0.321 e. The van der Waals surface area contributed by atoms with Crippen molar-refractivity contribution in [2.45, 2.75) is 20.0 Å². The Morgan fingerprint density at radius 3 is 2.03 bits per heavy atom. The average molecular weight is 434 g/mol. The second-order valence-corrected chi connectivity index (χ2v) is 7.41. The number of anilines is 3. The monoisotopic (exact) mass is 434 g/mol. The van der Waals surface area contributed by atoms with Crippen molar-refractivity contribution in [3.63, 3.8) is 0 Å². The fraction of sp³-hybridized carbons (Fsp3) is 0.150. The first-order chi connectivity index (χ1) is 14.1. The highest BCUT2D eigenvalue weighted by molar-refractivity contribution is 7.17. The van der Waals surface area contributed by atoms with E-state index in [0.717, 1.165) is 29.0 Å². The molecule has 0 radical (unpaired) electrons. The van der Waals surface area contributed by atoms with Crippen LogP contribution in [-0.2, 0) is 6.18 Å². The van der Waals surface area contributed by atoms with Crippen molar-refractivity contribution in [1.29, 1.82) is 0 Å². The van der Waals surface area contributed by atoms with Crippen LogP contribution in [0.15, 0.2) is 48.5 Å². The number of amides is 3. The summed E-state index contributed by atoms with van der Waals surface area (Å²) in [5.74, 6) is -0.531. The van der Waals surface area contributed by atoms with Gasteiger partial charge in [-0.2, -0.15) is 13.2 Å². The van der Waals surface area contributed by atoms with E-state index in [9.17, 15) is 22.8 Å². The van der Waals surface area contributed by atoms with Gasteiger partial charge in [-0.15, -0.1) is 0 Å². The predicted octanol–water partition coefficient (Wildman–Crippen LogP) is 5.68. The molecule has 0 aliphatic carbocycles. The van der Waals surface area contributed by atoms with Crippen LogP contribution in [0.25, 0.3) is 0 Å². The Morgan fingerprint density at radius 1 is 0.867 bits per heavy atom. The Labute approximate surface area is 174 Å². The number of alkyl halides is 3. The summed E-state index contributed by atoms with van der Waals surface area (Å²) in [6, 6.07) is 10.8. The van der Waals surface area contributed by atoms with Crippen LogP contribution < -0.4 is 16.0 Å². The van der Waals surface area contributed by atoms with Gasteiger partial charge in [0, 0.05) is 11.4 Å². The molecule has 2 aromatic carbocycles. The van der Waals surface area contributed by atoms with Gasteiger partial charge in [0.15, 0.2) is 5.13 Å². The molecule has 3 aromatic rings. The molecule has 0 fully saturated rings. The van der Waals surface area contributed by atoms with Crippen LogP contribution in [0, 0.1) is 13.8 Å². The number of hydrogen-bond donors (Lipinski definition) is 3. The van der Waals surface area contributed by atoms with Gasteiger partial charge in [-0.3, -0.25) is 10.1 Å². The van der Waals surface area contributed by atoms with E-state index in [0.29, 0.717) is 11.4 Å². The number of aromatic nitrogens is 1. The van der Waals surface area contributed by atoms with E-state index in [1.807, 2.05) is 19.1 Å². The Hall–Kier alpha value is -3.40. The number of rotatable bonds is 4. The van der Waals surface area contributed by atoms with Crippen LogP contribution in [0.2, 0.25) is 0 Å². The van der Waals surface area contributed by atoms with Gasteiger partial charge in [-0.1, -0.05) is 29.0 Å². The Morgan fingerprint density at radius 2 is 1.43 bits per heavy atom. The molecule has 0 saturated carbocycles. The highest BCUT2D eigenvalue weighted by atomic mass is 32.1. The van der Waals surface area contributed by atoms with Gasteiger partial charge < -0.3 is 10.6 Å². The highest BCUT2D eigenvalue weighted by Gasteiger charge is 2.30. The molecule has 3 amide bonds. The summed E-state index contributed by atoms with van der Waals surface area (Å²) in [5, 5.41) is 7.96. The summed E-state index contributed by atoms with van der Waals surface area (Å²) in [6.07, 6.45) is -4.45. The van der Waals surface area contributed by atoms with Crippen molar-refractivity contribution in [2.75, 3.05) is 16.0 Å². The van der Waals surface area contributed by atoms with Crippen molar-refractivity contribution in [2.24, 2.45) is 0 Å². The number of benzene rings is 2. The fourth-order valence-electron chi connectivity index (χ4n) is 2.49. The number of hydrogen-bond acceptors (Lipinski definition) is 4. The molecule has 0 saturated heterocycles. The minimum absolute atomic E-state index is 0.215. The third kappa shape index (κ3) is 5.35. The van der Waals surface area contributed by atoms with Gasteiger partial charge in [0.25, 0.3) is 5.91 Å². The lowest BCUT2D eigenvalue weighted by atomic mass is 10.2. The molecule has 3 rings (SSSR count). The van der Waals surface area contributed by atoms with E-state index in [4.69, 9.17) is 0 Å². The summed E-state index contributed by atoms with van der Waals surface area (Å²) in [7, 11) is 0. The molecule has 6 nitrogen and oxygen atoms in total. The van der Waals surface area contributed by atoms with Crippen molar-refractivity contribution >= 4 is 39.8 Å². The Kier molecular flexibility index (Phi) is 6.06. The lowest BCUT2D eigenvalue weighted by molar-refractivity contribution is -0.137. The topological polar surface area (TPSA) is 83.1 Å². The summed E-state index contributed by atoms with van der Waals surface area (Å²) in [6.45, 7) is 3.53. The zero-order valence-electron chi connectivity index (χ0n) is 15.9. The zero-order valence-corrected chi connectivity index (χ0v) is 16.7. The number of thiazole rings is 1. The molecule has 30 heavy (non-hydrogen) atoms. The minimum atomic E-state index is -4.45. The molecule has 0 spiro atoms. The average Bonchev–Trinajstić information content (AvgIpc) is 3.03. The molecular formula is C20H17F3N4O2S. The number of carbonyl (C=O) groups is 2. The molecule has 1 heterocycles. The molecule has 0 bridgehead atoms. The summed E-state index contributed by atoms with van der Waals surface area (Å²) in [5.41, 5.74) is 1.45. The first-order valence-electron chi connectivity index (χ1n) is 8.72. The number of aryl methyl sites for hydroxylation is 2. The van der Waals surface area contributed by atoms with Crippen LogP contribution in [0.4, 0.5) is 34.5 Å². The SMILES string of the molecule is Cc1ccc(NC(=O)Nc2nc(C)c(C(=O)Nc3ccc(C(F)(F)F)cc3)s2)cc1. The van der Waals surface area contributed by atoms with Crippen molar-refractivity contribution in [1.82, 2.24) is 4.98 Å². The maximum atomic E-state index is 12.6. The predicted molar refractivity (Wildman–Crippen MR) is 110 cm³/mol. The van der Waals surface area contributed by atoms with Gasteiger partial charge in [0.2, 0.25) is 0 Å². The molecule has 3 N–H and O–H groups in total. The molecule has 0 atom stereocenters. The van der Waals surface area contributed by atoms with Crippen molar-refractivity contribution in [3.8, 4) is 0 Å². The van der Waals surface area contributed by atoms with Gasteiger partial charge >= 0.3 is 12.2 Å². The quantitative estimate of drug-likeness (QED) is 0.494. The van der Waals surface area contributed by atoms with E-state index in [2.05, 4.69) is 20.9 Å². The summed E-state index contributed by atoms with van der Waals surface area (Å²) >= 11 is 0.961.